The van der Waals surface area contributed by atoms with E-state index in [4.69, 9.17) is 5.73 Å². The molecule has 0 aliphatic heterocycles. The van der Waals surface area contributed by atoms with Gasteiger partial charge in [-0.1, -0.05) is 0 Å². The molecule has 0 saturated heterocycles. The van der Waals surface area contributed by atoms with Gasteiger partial charge in [-0.2, -0.15) is 5.10 Å². The van der Waals surface area contributed by atoms with Crippen LogP contribution in [0.5, 0.6) is 0 Å². The molecule has 3 aromatic rings. The number of aryl methyl sites for hydroxylation is 1. The number of nitrogens with zero attached hydrogens (tertiary/aromatic N) is 6. The number of nitrogen functional groups attached to an aromatic ring is 1. The van der Waals surface area contributed by atoms with Gasteiger partial charge in [0.1, 0.15) is 6.33 Å². The van der Waals surface area contributed by atoms with Crippen LogP contribution >= 0.6 is 0 Å². The van der Waals surface area contributed by atoms with Crippen molar-refractivity contribution in [2.45, 2.75) is 13.8 Å². The maximum absolute atomic E-state index is 5.91. The van der Waals surface area contributed by atoms with E-state index in [9.17, 15) is 0 Å². The molecule has 3 aromatic heterocycles. The van der Waals surface area contributed by atoms with Crippen LogP contribution in [0.2, 0.25) is 0 Å². The van der Waals surface area contributed by atoms with Gasteiger partial charge in [0.05, 0.1) is 17.1 Å². The van der Waals surface area contributed by atoms with Gasteiger partial charge in [0, 0.05) is 12.4 Å². The molecule has 17 heavy (non-hydrogen) atoms. The summed E-state index contributed by atoms with van der Waals surface area (Å²) in [5.74, 6) is 0.627. The molecule has 0 unspecified atom stereocenters. The van der Waals surface area contributed by atoms with E-state index in [1.54, 1.807) is 27.8 Å². The molecule has 0 aromatic carbocycles. The first-order chi connectivity index (χ1) is 8.18. The van der Waals surface area contributed by atoms with Crippen molar-refractivity contribution < 1.29 is 0 Å². The summed E-state index contributed by atoms with van der Waals surface area (Å²) in [6.45, 7) is 3.76. The second-order valence-corrected chi connectivity index (χ2v) is 3.81. The first kappa shape index (κ1) is 9.76. The second-order valence-electron chi connectivity index (χ2n) is 3.81. The number of anilines is 1. The lowest BCUT2D eigenvalue weighted by Crippen LogP contribution is -2.05. The molecular formula is C10H11N7. The average Bonchev–Trinajstić information content (AvgIpc) is 2.89. The van der Waals surface area contributed by atoms with E-state index in [1.807, 2.05) is 13.8 Å². The molecule has 0 fully saturated rings. The molecule has 3 heterocycles. The van der Waals surface area contributed by atoms with E-state index >= 15 is 0 Å². The SMILES string of the molecule is Cc1nn(-c2nccn3cnnc23)c(C)c1N. The van der Waals surface area contributed by atoms with Crippen LogP contribution < -0.4 is 5.73 Å². The molecule has 2 N–H and O–H groups in total. The molecule has 3 rings (SSSR count). The highest BCUT2D eigenvalue weighted by atomic mass is 15.4. The molecular weight excluding hydrogens is 218 g/mol. The van der Waals surface area contributed by atoms with Crippen molar-refractivity contribution >= 4 is 11.3 Å². The topological polar surface area (TPSA) is 86.9 Å². The summed E-state index contributed by atoms with van der Waals surface area (Å²) in [6.07, 6.45) is 5.09. The van der Waals surface area contributed by atoms with Crippen molar-refractivity contribution in [1.82, 2.24) is 29.4 Å². The fourth-order valence-electron chi connectivity index (χ4n) is 1.76. The molecule has 7 heteroatoms. The molecule has 7 nitrogen and oxygen atoms in total. The van der Waals surface area contributed by atoms with Gasteiger partial charge in [0.15, 0.2) is 5.82 Å². The molecule has 0 atom stereocenters. The molecule has 0 amide bonds. The predicted molar refractivity (Wildman–Crippen MR) is 61.8 cm³/mol. The van der Waals surface area contributed by atoms with E-state index in [1.165, 1.54) is 0 Å². The normalized spacial score (nSPS) is 11.2. The highest BCUT2D eigenvalue weighted by Crippen LogP contribution is 2.19. The number of rotatable bonds is 1. The minimum absolute atomic E-state index is 0.627. The number of hydrogen-bond acceptors (Lipinski definition) is 5. The Labute approximate surface area is 96.9 Å². The van der Waals surface area contributed by atoms with Gasteiger partial charge in [-0.25, -0.2) is 9.67 Å². The zero-order chi connectivity index (χ0) is 12.0. The van der Waals surface area contributed by atoms with Crippen LogP contribution in [0, 0.1) is 13.8 Å². The van der Waals surface area contributed by atoms with Crippen molar-refractivity contribution in [3.8, 4) is 5.82 Å². The minimum atomic E-state index is 0.627. The summed E-state index contributed by atoms with van der Waals surface area (Å²) in [7, 11) is 0. The highest BCUT2D eigenvalue weighted by Gasteiger charge is 2.14. The van der Waals surface area contributed by atoms with Crippen LogP contribution in [-0.2, 0) is 0 Å². The van der Waals surface area contributed by atoms with Gasteiger partial charge in [0.25, 0.3) is 0 Å². The Kier molecular flexibility index (Phi) is 1.88. The van der Waals surface area contributed by atoms with E-state index in [-0.39, 0.29) is 0 Å². The lowest BCUT2D eigenvalue weighted by Gasteiger charge is -2.03. The Balaban J connectivity index is 2.34. The lowest BCUT2D eigenvalue weighted by atomic mass is 10.3. The summed E-state index contributed by atoms with van der Waals surface area (Å²) in [5.41, 5.74) is 8.87. The second kappa shape index (κ2) is 3.27. The monoisotopic (exact) mass is 229 g/mol. The first-order valence-electron chi connectivity index (χ1n) is 5.15. The van der Waals surface area contributed by atoms with Gasteiger partial charge in [-0.05, 0) is 13.8 Å². The maximum Gasteiger partial charge on any atom is 0.205 e. The summed E-state index contributed by atoms with van der Waals surface area (Å²) < 4.78 is 3.48. The predicted octanol–water partition coefficient (Wildman–Crippen LogP) is 0.509. The van der Waals surface area contributed by atoms with Crippen LogP contribution in [0.4, 0.5) is 5.69 Å². The molecule has 0 saturated carbocycles. The standard InChI is InChI=1S/C10H11N7/c1-6-8(11)7(2)17(15-6)9-10-14-13-5-16(10)4-3-12-9/h3-5H,11H2,1-2H3. The third-order valence-electron chi connectivity index (χ3n) is 2.75. The van der Waals surface area contributed by atoms with Gasteiger partial charge in [0.2, 0.25) is 5.65 Å². The van der Waals surface area contributed by atoms with E-state index < -0.39 is 0 Å². The number of nitrogens with two attached hydrogens (primary N) is 1. The Bertz CT molecular complexity index is 694. The van der Waals surface area contributed by atoms with Gasteiger partial charge < -0.3 is 5.73 Å². The van der Waals surface area contributed by atoms with Crippen LogP contribution in [0.3, 0.4) is 0 Å². The molecule has 0 aliphatic carbocycles. The van der Waals surface area contributed by atoms with E-state index in [0.717, 1.165) is 11.4 Å². The molecule has 0 aliphatic rings. The molecule has 86 valence electrons. The Morgan fingerprint density at radius 1 is 1.29 bits per heavy atom. The summed E-state index contributed by atoms with van der Waals surface area (Å²) in [4.78, 5) is 4.29. The number of fused-ring (bicyclic) bond motifs is 1. The minimum Gasteiger partial charge on any atom is -0.396 e. The number of aromatic nitrogens is 6. The average molecular weight is 229 g/mol. The van der Waals surface area contributed by atoms with Crippen LogP contribution in [0.25, 0.3) is 11.5 Å². The summed E-state index contributed by atoms with van der Waals surface area (Å²) >= 11 is 0. The fourth-order valence-corrected chi connectivity index (χ4v) is 1.76. The zero-order valence-electron chi connectivity index (χ0n) is 9.49. The molecule has 0 radical (unpaired) electrons. The highest BCUT2D eigenvalue weighted by molar-refractivity contribution is 5.57. The lowest BCUT2D eigenvalue weighted by molar-refractivity contribution is 0.802. The summed E-state index contributed by atoms with van der Waals surface area (Å²) in [6, 6.07) is 0. The van der Waals surface area contributed by atoms with Crippen LogP contribution in [0.15, 0.2) is 18.7 Å². The molecule has 0 spiro atoms. The zero-order valence-corrected chi connectivity index (χ0v) is 9.49. The fraction of sp³-hybridized carbons (Fsp3) is 0.200. The van der Waals surface area contributed by atoms with Gasteiger partial charge in [-0.15, -0.1) is 10.2 Å². The maximum atomic E-state index is 5.91. The van der Waals surface area contributed by atoms with Crippen LogP contribution in [-0.4, -0.2) is 29.4 Å². The van der Waals surface area contributed by atoms with Crippen LogP contribution in [0.1, 0.15) is 11.4 Å². The van der Waals surface area contributed by atoms with Crippen molar-refractivity contribution in [3.63, 3.8) is 0 Å². The Morgan fingerprint density at radius 2 is 2.12 bits per heavy atom. The van der Waals surface area contributed by atoms with E-state index in [0.29, 0.717) is 17.2 Å². The quantitative estimate of drug-likeness (QED) is 0.657. The van der Waals surface area contributed by atoms with E-state index in [2.05, 4.69) is 20.3 Å². The Morgan fingerprint density at radius 3 is 2.82 bits per heavy atom. The largest absolute Gasteiger partial charge is 0.396 e. The molecule has 0 bridgehead atoms. The van der Waals surface area contributed by atoms with Gasteiger partial charge >= 0.3 is 0 Å². The smallest absolute Gasteiger partial charge is 0.205 e. The first-order valence-corrected chi connectivity index (χ1v) is 5.15. The van der Waals surface area contributed by atoms with Crippen molar-refractivity contribution in [2.75, 3.05) is 5.73 Å². The number of hydrogen-bond donors (Lipinski definition) is 1. The summed E-state index contributed by atoms with van der Waals surface area (Å²) in [5, 5.41) is 12.2. The Hall–Kier alpha value is -2.44. The van der Waals surface area contributed by atoms with Gasteiger partial charge in [-0.3, -0.25) is 4.40 Å². The third kappa shape index (κ3) is 1.28. The van der Waals surface area contributed by atoms with Crippen molar-refractivity contribution in [1.29, 1.82) is 0 Å². The van der Waals surface area contributed by atoms with Crippen molar-refractivity contribution in [2.24, 2.45) is 0 Å². The van der Waals surface area contributed by atoms with Crippen molar-refractivity contribution in [3.05, 3.63) is 30.1 Å². The third-order valence-corrected chi connectivity index (χ3v) is 2.75.